The normalized spacial score (nSPS) is 9.88. The second-order valence-corrected chi connectivity index (χ2v) is 5.59. The van der Waals surface area contributed by atoms with Crippen LogP contribution in [0, 0.1) is 0 Å². The highest BCUT2D eigenvalue weighted by Gasteiger charge is 2.06. The van der Waals surface area contributed by atoms with Crippen molar-refractivity contribution in [1.29, 1.82) is 0 Å². The Kier molecular flexibility index (Phi) is 10.9. The number of anilines is 1. The van der Waals surface area contributed by atoms with Gasteiger partial charge in [0.15, 0.2) is 0 Å². The molecule has 3 N–H and O–H groups in total. The van der Waals surface area contributed by atoms with E-state index in [0.717, 1.165) is 25.2 Å². The summed E-state index contributed by atoms with van der Waals surface area (Å²) in [5.41, 5.74) is 9.26. The first-order chi connectivity index (χ1) is 11.1. The molecule has 0 heterocycles. The highest BCUT2D eigenvalue weighted by Crippen LogP contribution is 2.09. The van der Waals surface area contributed by atoms with Gasteiger partial charge in [-0.15, -0.1) is 24.8 Å². The van der Waals surface area contributed by atoms with Crippen molar-refractivity contribution in [3.05, 3.63) is 65.2 Å². The number of benzene rings is 2. The molecule has 2 aromatic rings. The Morgan fingerprint density at radius 3 is 2.16 bits per heavy atom. The molecule has 0 aliphatic carbocycles. The van der Waals surface area contributed by atoms with Gasteiger partial charge in [-0.25, -0.2) is 0 Å². The van der Waals surface area contributed by atoms with Crippen LogP contribution in [-0.4, -0.2) is 23.9 Å². The number of amides is 1. The molecule has 0 unspecified atom stereocenters. The minimum atomic E-state index is -0.107. The maximum Gasteiger partial charge on any atom is 0.251 e. The van der Waals surface area contributed by atoms with Gasteiger partial charge >= 0.3 is 0 Å². The standard InChI is InChI=1S/C19H25N3O.2ClH/c1-3-22(4-2)14-16-10-8-15(9-11-16)13-21-19(23)17-6-5-7-18(20)12-17;;/h5-12H,3-4,13-14,20H2,1-2H3,(H,21,23);2*1H. The van der Waals surface area contributed by atoms with Crippen molar-refractivity contribution in [2.45, 2.75) is 26.9 Å². The van der Waals surface area contributed by atoms with Gasteiger partial charge in [0.2, 0.25) is 0 Å². The van der Waals surface area contributed by atoms with E-state index in [9.17, 15) is 4.79 Å². The Morgan fingerprint density at radius 2 is 1.60 bits per heavy atom. The van der Waals surface area contributed by atoms with Crippen molar-refractivity contribution in [1.82, 2.24) is 10.2 Å². The van der Waals surface area contributed by atoms with E-state index in [4.69, 9.17) is 5.73 Å². The third kappa shape index (κ3) is 7.34. The highest BCUT2D eigenvalue weighted by molar-refractivity contribution is 5.94. The molecule has 2 rings (SSSR count). The summed E-state index contributed by atoms with van der Waals surface area (Å²) in [6, 6.07) is 15.4. The van der Waals surface area contributed by atoms with Crippen LogP contribution in [0.15, 0.2) is 48.5 Å². The van der Waals surface area contributed by atoms with E-state index < -0.39 is 0 Å². The molecule has 138 valence electrons. The van der Waals surface area contributed by atoms with Crippen LogP contribution in [0.25, 0.3) is 0 Å². The van der Waals surface area contributed by atoms with E-state index in [1.807, 2.05) is 0 Å². The minimum absolute atomic E-state index is 0. The minimum Gasteiger partial charge on any atom is -0.399 e. The second-order valence-electron chi connectivity index (χ2n) is 5.59. The molecule has 0 radical (unpaired) electrons. The van der Waals surface area contributed by atoms with Gasteiger partial charge in [0.25, 0.3) is 5.91 Å². The van der Waals surface area contributed by atoms with Gasteiger partial charge < -0.3 is 11.1 Å². The topological polar surface area (TPSA) is 58.4 Å². The van der Waals surface area contributed by atoms with E-state index >= 15 is 0 Å². The first kappa shape index (κ1) is 23.2. The van der Waals surface area contributed by atoms with Crippen LogP contribution in [-0.2, 0) is 13.1 Å². The van der Waals surface area contributed by atoms with Crippen LogP contribution in [0.4, 0.5) is 5.69 Å². The van der Waals surface area contributed by atoms with E-state index in [2.05, 4.69) is 48.3 Å². The summed E-state index contributed by atoms with van der Waals surface area (Å²) < 4.78 is 0. The number of nitrogens with two attached hydrogens (primary N) is 1. The van der Waals surface area contributed by atoms with Gasteiger partial charge in [-0.05, 0) is 42.4 Å². The average Bonchev–Trinajstić information content (AvgIpc) is 2.58. The number of halogens is 2. The molecule has 4 nitrogen and oxygen atoms in total. The molecule has 0 saturated heterocycles. The number of nitrogen functional groups attached to an aromatic ring is 1. The predicted molar refractivity (Wildman–Crippen MR) is 110 cm³/mol. The van der Waals surface area contributed by atoms with Gasteiger partial charge in [0.1, 0.15) is 0 Å². The highest BCUT2D eigenvalue weighted by atomic mass is 35.5. The smallest absolute Gasteiger partial charge is 0.251 e. The molecule has 25 heavy (non-hydrogen) atoms. The maximum absolute atomic E-state index is 12.1. The Bertz CT molecular complexity index is 643. The third-order valence-corrected chi connectivity index (χ3v) is 3.93. The Balaban J connectivity index is 0.00000288. The Morgan fingerprint density at radius 1 is 1.00 bits per heavy atom. The summed E-state index contributed by atoms with van der Waals surface area (Å²) in [5, 5.41) is 2.92. The lowest BCUT2D eigenvalue weighted by Crippen LogP contribution is -2.23. The maximum atomic E-state index is 12.1. The zero-order chi connectivity index (χ0) is 16.7. The van der Waals surface area contributed by atoms with E-state index in [1.54, 1.807) is 24.3 Å². The van der Waals surface area contributed by atoms with Gasteiger partial charge in [-0.3, -0.25) is 9.69 Å². The molecule has 6 heteroatoms. The van der Waals surface area contributed by atoms with Crippen molar-refractivity contribution in [3.63, 3.8) is 0 Å². The predicted octanol–water partition coefficient (Wildman–Crippen LogP) is 3.88. The number of nitrogens with one attached hydrogen (secondary N) is 1. The third-order valence-electron chi connectivity index (χ3n) is 3.93. The molecule has 0 aromatic heterocycles. The summed E-state index contributed by atoms with van der Waals surface area (Å²) in [7, 11) is 0. The molecule has 0 atom stereocenters. The number of carbonyl (C=O) groups excluding carboxylic acids is 1. The number of hydrogen-bond acceptors (Lipinski definition) is 3. The number of carbonyl (C=O) groups is 1. The molecular formula is C19H27Cl2N3O. The van der Waals surface area contributed by atoms with Crippen LogP contribution >= 0.6 is 24.8 Å². The van der Waals surface area contributed by atoms with E-state index in [-0.39, 0.29) is 30.7 Å². The largest absolute Gasteiger partial charge is 0.399 e. The quantitative estimate of drug-likeness (QED) is 0.713. The second kappa shape index (κ2) is 11.7. The fraction of sp³-hybridized carbons (Fsp3) is 0.316. The number of nitrogens with zero attached hydrogens (tertiary/aromatic N) is 1. The summed E-state index contributed by atoms with van der Waals surface area (Å²) in [4.78, 5) is 14.5. The first-order valence-electron chi connectivity index (χ1n) is 8.06. The fourth-order valence-electron chi connectivity index (χ4n) is 2.43. The van der Waals surface area contributed by atoms with Crippen molar-refractivity contribution in [2.75, 3.05) is 18.8 Å². The number of hydrogen-bond donors (Lipinski definition) is 2. The van der Waals surface area contributed by atoms with Gasteiger partial charge in [0, 0.05) is 24.3 Å². The van der Waals surface area contributed by atoms with Gasteiger partial charge in [-0.2, -0.15) is 0 Å². The van der Waals surface area contributed by atoms with E-state index in [0.29, 0.717) is 17.8 Å². The number of rotatable bonds is 7. The van der Waals surface area contributed by atoms with Gasteiger partial charge in [-0.1, -0.05) is 44.2 Å². The van der Waals surface area contributed by atoms with Crippen LogP contribution in [0.2, 0.25) is 0 Å². The lowest BCUT2D eigenvalue weighted by molar-refractivity contribution is 0.0951. The Labute approximate surface area is 162 Å². The zero-order valence-corrected chi connectivity index (χ0v) is 16.3. The van der Waals surface area contributed by atoms with Gasteiger partial charge in [0.05, 0.1) is 0 Å². The summed E-state index contributed by atoms with van der Waals surface area (Å²) in [6.07, 6.45) is 0. The summed E-state index contributed by atoms with van der Waals surface area (Å²) in [5.74, 6) is -0.107. The molecule has 0 bridgehead atoms. The van der Waals surface area contributed by atoms with E-state index in [1.165, 1.54) is 5.56 Å². The molecule has 2 aromatic carbocycles. The van der Waals surface area contributed by atoms with Crippen LogP contribution in [0.3, 0.4) is 0 Å². The zero-order valence-electron chi connectivity index (χ0n) is 14.7. The fourth-order valence-corrected chi connectivity index (χ4v) is 2.43. The summed E-state index contributed by atoms with van der Waals surface area (Å²) in [6.45, 7) is 7.92. The summed E-state index contributed by atoms with van der Waals surface area (Å²) >= 11 is 0. The SMILES string of the molecule is CCN(CC)Cc1ccc(CNC(=O)c2cccc(N)c2)cc1.Cl.Cl. The van der Waals surface area contributed by atoms with Crippen molar-refractivity contribution >= 4 is 36.4 Å². The molecule has 0 saturated carbocycles. The molecule has 0 aliphatic rings. The first-order valence-corrected chi connectivity index (χ1v) is 8.06. The van der Waals surface area contributed by atoms with Crippen molar-refractivity contribution in [2.24, 2.45) is 0 Å². The molecule has 0 spiro atoms. The van der Waals surface area contributed by atoms with Crippen molar-refractivity contribution < 1.29 is 4.79 Å². The molecular weight excluding hydrogens is 357 g/mol. The Hall–Kier alpha value is -1.75. The average molecular weight is 384 g/mol. The molecule has 0 fully saturated rings. The lowest BCUT2D eigenvalue weighted by Gasteiger charge is -2.18. The monoisotopic (exact) mass is 383 g/mol. The molecule has 0 aliphatic heterocycles. The lowest BCUT2D eigenvalue weighted by atomic mass is 10.1. The molecule has 1 amide bonds. The van der Waals surface area contributed by atoms with Crippen LogP contribution in [0.5, 0.6) is 0 Å². The van der Waals surface area contributed by atoms with Crippen LogP contribution in [0.1, 0.15) is 35.3 Å². The van der Waals surface area contributed by atoms with Crippen LogP contribution < -0.4 is 11.1 Å². The van der Waals surface area contributed by atoms with Crippen molar-refractivity contribution in [3.8, 4) is 0 Å².